The summed E-state index contributed by atoms with van der Waals surface area (Å²) in [4.78, 5) is 20.4. The highest BCUT2D eigenvalue weighted by molar-refractivity contribution is 7.12. The lowest BCUT2D eigenvalue weighted by Gasteiger charge is -2.18. The Labute approximate surface area is 199 Å². The van der Waals surface area contributed by atoms with Gasteiger partial charge in [0.2, 0.25) is 0 Å². The molecule has 1 aliphatic heterocycles. The molecule has 33 heavy (non-hydrogen) atoms. The summed E-state index contributed by atoms with van der Waals surface area (Å²) >= 11 is 1.46. The lowest BCUT2D eigenvalue weighted by Crippen LogP contribution is -2.28. The van der Waals surface area contributed by atoms with E-state index in [9.17, 15) is 4.79 Å². The van der Waals surface area contributed by atoms with Crippen molar-refractivity contribution in [2.75, 3.05) is 20.1 Å². The number of carbonyl (C=O) groups excluding carboxylic acids is 1. The minimum Gasteiger partial charge on any atom is -0.351 e. The Hall–Kier alpha value is -3.03. The van der Waals surface area contributed by atoms with Crippen LogP contribution in [0.15, 0.2) is 60.9 Å². The lowest BCUT2D eigenvalue weighted by atomic mass is 10.1. The van der Waals surface area contributed by atoms with Crippen molar-refractivity contribution in [3.05, 3.63) is 71.4 Å². The van der Waals surface area contributed by atoms with Crippen molar-refractivity contribution in [1.29, 1.82) is 0 Å². The number of rotatable bonds is 9. The first kappa shape index (κ1) is 23.1. The Morgan fingerprint density at radius 2 is 2.24 bits per heavy atom. The quantitative estimate of drug-likeness (QED) is 0.351. The number of amides is 1. The minimum absolute atomic E-state index is 0.00632. The van der Waals surface area contributed by atoms with Gasteiger partial charge < -0.3 is 10.2 Å². The molecule has 1 unspecified atom stereocenters. The molecule has 0 aromatic carbocycles. The Kier molecular flexibility index (Phi) is 7.52. The van der Waals surface area contributed by atoms with Crippen LogP contribution in [-0.4, -0.2) is 51.6 Å². The van der Waals surface area contributed by atoms with Crippen LogP contribution in [0, 0.1) is 0 Å². The van der Waals surface area contributed by atoms with Crippen LogP contribution in [0.1, 0.15) is 47.8 Å². The number of aromatic nitrogens is 3. The molecule has 6 nitrogen and oxygen atoms in total. The Morgan fingerprint density at radius 3 is 3.00 bits per heavy atom. The second-order valence-corrected chi connectivity index (χ2v) is 9.29. The summed E-state index contributed by atoms with van der Waals surface area (Å²) in [5.41, 5.74) is 4.71. The van der Waals surface area contributed by atoms with E-state index in [-0.39, 0.29) is 5.91 Å². The highest BCUT2D eigenvalue weighted by Gasteiger charge is 2.20. The monoisotopic (exact) mass is 461 g/mol. The summed E-state index contributed by atoms with van der Waals surface area (Å²) < 4.78 is 1.79. The predicted molar refractivity (Wildman–Crippen MR) is 137 cm³/mol. The Bertz CT molecular complexity index is 1190. The molecule has 4 rings (SSSR count). The van der Waals surface area contributed by atoms with Crippen LogP contribution in [0.5, 0.6) is 0 Å². The smallest absolute Gasteiger partial charge is 0.261 e. The fourth-order valence-electron chi connectivity index (χ4n) is 4.32. The van der Waals surface area contributed by atoms with Gasteiger partial charge in [0.1, 0.15) is 0 Å². The maximum Gasteiger partial charge on any atom is 0.261 e. The van der Waals surface area contributed by atoms with Crippen molar-refractivity contribution in [3.63, 3.8) is 0 Å². The zero-order valence-electron chi connectivity index (χ0n) is 19.3. The molecule has 1 amide bonds. The number of thiophene rings is 1. The molecule has 1 fully saturated rings. The van der Waals surface area contributed by atoms with Crippen LogP contribution in [0.3, 0.4) is 0 Å². The summed E-state index contributed by atoms with van der Waals surface area (Å²) in [5.74, 6) is -0.00632. The Morgan fingerprint density at radius 1 is 1.36 bits per heavy atom. The van der Waals surface area contributed by atoms with Gasteiger partial charge in [-0.05, 0) is 68.8 Å². The van der Waals surface area contributed by atoms with Crippen LogP contribution >= 0.6 is 11.3 Å². The van der Waals surface area contributed by atoms with Crippen molar-refractivity contribution in [2.24, 2.45) is 0 Å². The first-order valence-corrected chi connectivity index (χ1v) is 12.3. The van der Waals surface area contributed by atoms with Gasteiger partial charge in [-0.3, -0.25) is 4.79 Å². The topological polar surface area (TPSA) is 62.5 Å². The number of fused-ring (bicyclic) bond motifs is 1. The SMILES string of the molecule is C=C/C=C\C(=C/C)c1cnn2cc(-c3csc(C(=O)NCCCC4CCCN4C)c3)cnc12. The van der Waals surface area contributed by atoms with Gasteiger partial charge >= 0.3 is 0 Å². The van der Waals surface area contributed by atoms with Crippen LogP contribution in [0.25, 0.3) is 22.3 Å². The van der Waals surface area contributed by atoms with E-state index < -0.39 is 0 Å². The van der Waals surface area contributed by atoms with E-state index in [0.29, 0.717) is 12.6 Å². The van der Waals surface area contributed by atoms with Crippen LogP contribution in [0.2, 0.25) is 0 Å². The van der Waals surface area contributed by atoms with Crippen LogP contribution < -0.4 is 5.32 Å². The normalized spacial score (nSPS) is 17.3. The van der Waals surface area contributed by atoms with Gasteiger partial charge in [-0.15, -0.1) is 11.3 Å². The number of hydrogen-bond donors (Lipinski definition) is 1. The molecule has 7 heteroatoms. The maximum atomic E-state index is 12.6. The van der Waals surface area contributed by atoms with E-state index in [1.807, 2.05) is 55.2 Å². The predicted octanol–water partition coefficient (Wildman–Crippen LogP) is 5.21. The molecule has 0 radical (unpaired) electrons. The Balaban J connectivity index is 1.40. The number of hydrogen-bond acceptors (Lipinski definition) is 5. The van der Waals surface area contributed by atoms with Crippen molar-refractivity contribution in [2.45, 2.75) is 38.6 Å². The summed E-state index contributed by atoms with van der Waals surface area (Å²) in [6.07, 6.45) is 18.0. The highest BCUT2D eigenvalue weighted by Crippen LogP contribution is 2.27. The van der Waals surface area contributed by atoms with Crippen molar-refractivity contribution in [3.8, 4) is 11.1 Å². The van der Waals surface area contributed by atoms with Gasteiger partial charge in [0.05, 0.1) is 11.1 Å². The standard InChI is InChI=1S/C26H31N5OS/c1-4-6-9-19(5-2)23-16-29-31-17-21(15-28-25(23)31)20-14-24(33-18-20)26(32)27-12-7-10-22-11-8-13-30(22)3/h4-6,9,14-18,22H,1,7-8,10-13H2,2-3H3,(H,27,32)/b9-6-,19-5+. The van der Waals surface area contributed by atoms with Gasteiger partial charge in [-0.1, -0.05) is 30.9 Å². The second-order valence-electron chi connectivity index (χ2n) is 8.38. The molecule has 0 saturated carbocycles. The van der Waals surface area contributed by atoms with Crippen molar-refractivity contribution in [1.82, 2.24) is 24.8 Å². The van der Waals surface area contributed by atoms with E-state index in [1.165, 1.54) is 30.7 Å². The molecule has 1 N–H and O–H groups in total. The average molecular weight is 462 g/mol. The van der Waals surface area contributed by atoms with E-state index in [4.69, 9.17) is 0 Å². The minimum atomic E-state index is -0.00632. The molecule has 4 heterocycles. The number of likely N-dealkylation sites (tertiary alicyclic amines) is 1. The molecule has 3 aromatic heterocycles. The number of carbonyl (C=O) groups is 1. The van der Waals surface area contributed by atoms with Crippen molar-refractivity contribution >= 4 is 28.5 Å². The van der Waals surface area contributed by atoms with E-state index >= 15 is 0 Å². The third kappa shape index (κ3) is 5.31. The fraction of sp³-hybridized carbons (Fsp3) is 0.346. The first-order valence-electron chi connectivity index (χ1n) is 11.5. The van der Waals surface area contributed by atoms with Gasteiger partial charge in [0, 0.05) is 36.1 Å². The first-order chi connectivity index (χ1) is 16.1. The summed E-state index contributed by atoms with van der Waals surface area (Å²) in [6.45, 7) is 7.63. The molecule has 0 bridgehead atoms. The second kappa shape index (κ2) is 10.7. The van der Waals surface area contributed by atoms with Gasteiger partial charge in [0.25, 0.3) is 5.91 Å². The molecule has 1 atom stereocenters. The highest BCUT2D eigenvalue weighted by atomic mass is 32.1. The number of nitrogens with one attached hydrogen (secondary N) is 1. The zero-order valence-corrected chi connectivity index (χ0v) is 20.1. The molecule has 0 spiro atoms. The third-order valence-electron chi connectivity index (χ3n) is 6.22. The molecule has 172 valence electrons. The molecular formula is C26H31N5OS. The molecule has 0 aliphatic carbocycles. The zero-order chi connectivity index (χ0) is 23.2. The average Bonchev–Trinajstić information content (AvgIpc) is 3.57. The summed E-state index contributed by atoms with van der Waals surface area (Å²) in [7, 11) is 2.19. The maximum absolute atomic E-state index is 12.6. The number of allylic oxidation sites excluding steroid dienone is 5. The number of nitrogens with zero attached hydrogens (tertiary/aromatic N) is 4. The molecule has 1 saturated heterocycles. The van der Waals surface area contributed by atoms with Crippen LogP contribution in [0.4, 0.5) is 0 Å². The third-order valence-corrected chi connectivity index (χ3v) is 7.15. The largest absolute Gasteiger partial charge is 0.351 e. The summed E-state index contributed by atoms with van der Waals surface area (Å²) in [5, 5.41) is 9.56. The lowest BCUT2D eigenvalue weighted by molar-refractivity contribution is 0.0956. The molecular weight excluding hydrogens is 430 g/mol. The van der Waals surface area contributed by atoms with Gasteiger partial charge in [0.15, 0.2) is 5.65 Å². The van der Waals surface area contributed by atoms with Crippen molar-refractivity contribution < 1.29 is 4.79 Å². The van der Waals surface area contributed by atoms with Gasteiger partial charge in [-0.2, -0.15) is 5.10 Å². The van der Waals surface area contributed by atoms with E-state index in [0.717, 1.165) is 45.6 Å². The van der Waals surface area contributed by atoms with Crippen LogP contribution in [-0.2, 0) is 0 Å². The van der Waals surface area contributed by atoms with Gasteiger partial charge in [-0.25, -0.2) is 9.50 Å². The summed E-state index contributed by atoms with van der Waals surface area (Å²) in [6, 6.07) is 2.60. The molecule has 1 aliphatic rings. The molecule has 3 aromatic rings. The fourth-order valence-corrected chi connectivity index (χ4v) is 5.15. The van der Waals surface area contributed by atoms with E-state index in [2.05, 4.69) is 33.9 Å². The van der Waals surface area contributed by atoms with E-state index in [1.54, 1.807) is 10.6 Å².